The molecule has 5 rings (SSSR count). The normalized spacial score (nSPS) is 17.0. The summed E-state index contributed by atoms with van der Waals surface area (Å²) in [5, 5.41) is 1.39. The molecule has 4 heterocycles. The van der Waals surface area contributed by atoms with Crippen molar-refractivity contribution in [1.82, 2.24) is 18.8 Å². The van der Waals surface area contributed by atoms with Crippen LogP contribution in [0, 0.1) is 0 Å². The van der Waals surface area contributed by atoms with Gasteiger partial charge in [0.25, 0.3) is 0 Å². The second-order valence-corrected chi connectivity index (χ2v) is 11.4. The van der Waals surface area contributed by atoms with Crippen molar-refractivity contribution < 1.29 is 13.2 Å². The van der Waals surface area contributed by atoms with E-state index < -0.39 is 15.4 Å². The third-order valence-corrected chi connectivity index (χ3v) is 8.58. The Morgan fingerprint density at radius 3 is 2.72 bits per heavy atom. The lowest BCUT2D eigenvalue weighted by atomic mass is 9.99. The Hall–Kier alpha value is -2.49. The van der Waals surface area contributed by atoms with E-state index in [1.807, 2.05) is 22.8 Å². The van der Waals surface area contributed by atoms with Crippen molar-refractivity contribution in [2.75, 3.05) is 24.7 Å². The van der Waals surface area contributed by atoms with Gasteiger partial charge in [-0.2, -0.15) is 0 Å². The number of aryl methyl sites for hydroxylation is 1. The average molecular weight is 474 g/mol. The molecule has 10 heteroatoms. The molecule has 3 aromatic heterocycles. The lowest BCUT2D eigenvalue weighted by Gasteiger charge is -2.19. The minimum absolute atomic E-state index is 0.0329. The van der Waals surface area contributed by atoms with Gasteiger partial charge in [0.2, 0.25) is 15.9 Å². The number of hydrogen-bond acceptors (Lipinski definition) is 5. The number of aromatic nitrogens is 3. The van der Waals surface area contributed by atoms with Crippen LogP contribution >= 0.6 is 11.6 Å². The summed E-state index contributed by atoms with van der Waals surface area (Å²) in [7, 11) is -0.226. The van der Waals surface area contributed by atoms with Gasteiger partial charge in [-0.3, -0.25) is 9.78 Å². The molecule has 3 aromatic rings. The first-order valence-corrected chi connectivity index (χ1v) is 12.5. The van der Waals surface area contributed by atoms with Crippen LogP contribution in [0.4, 0.5) is 5.69 Å². The molecule has 0 atom stereocenters. The van der Waals surface area contributed by atoms with Crippen LogP contribution in [0.25, 0.3) is 11.0 Å². The summed E-state index contributed by atoms with van der Waals surface area (Å²) in [6.07, 6.45) is 7.23. The molecule has 0 saturated heterocycles. The van der Waals surface area contributed by atoms with E-state index >= 15 is 0 Å². The van der Waals surface area contributed by atoms with E-state index in [-0.39, 0.29) is 11.7 Å². The zero-order chi connectivity index (χ0) is 22.7. The molecule has 8 nitrogen and oxygen atoms in total. The predicted molar refractivity (Wildman–Crippen MR) is 123 cm³/mol. The first kappa shape index (κ1) is 21.4. The number of hydrogen-bond donors (Lipinski definition) is 0. The lowest BCUT2D eigenvalue weighted by molar-refractivity contribution is -0.120. The number of anilines is 1. The summed E-state index contributed by atoms with van der Waals surface area (Å²) in [6, 6.07) is 5.77. The predicted octanol–water partition coefficient (Wildman–Crippen LogP) is 2.94. The highest BCUT2D eigenvalue weighted by molar-refractivity contribution is 7.89. The number of halogens is 1. The van der Waals surface area contributed by atoms with Gasteiger partial charge in [-0.25, -0.2) is 17.7 Å². The second-order valence-electron chi connectivity index (χ2n) is 8.67. The maximum absolute atomic E-state index is 13.3. The molecule has 0 N–H and O–H groups in total. The van der Waals surface area contributed by atoms with E-state index in [9.17, 15) is 13.2 Å². The first-order chi connectivity index (χ1) is 15.2. The van der Waals surface area contributed by atoms with E-state index in [1.54, 1.807) is 23.5 Å². The van der Waals surface area contributed by atoms with Crippen molar-refractivity contribution in [2.24, 2.45) is 0 Å². The minimum atomic E-state index is -3.30. The number of fused-ring (bicyclic) bond motifs is 3. The molecular formula is C22H24ClN5O3S. The van der Waals surface area contributed by atoms with Gasteiger partial charge < -0.3 is 9.47 Å². The van der Waals surface area contributed by atoms with Gasteiger partial charge in [0, 0.05) is 44.1 Å². The fourth-order valence-corrected chi connectivity index (χ4v) is 5.58. The zero-order valence-electron chi connectivity index (χ0n) is 18.0. The van der Waals surface area contributed by atoms with Crippen LogP contribution < -0.4 is 4.90 Å². The standard InChI is InChI=1S/C22H24ClN5O3S/c1-26(2)32(30,31)9-3-8-27-17(11-15-10-16(23)12-25-20(15)27)14-28-19-13-24-7-4-18(19)22(5-6-22)21(28)29/h4,7,10-13H,3,5-6,8-9,14H2,1-2H3. The summed E-state index contributed by atoms with van der Waals surface area (Å²) in [6.45, 7) is 0.835. The number of carbonyl (C=O) groups excluding carboxylic acids is 1. The Bertz CT molecular complexity index is 1330. The van der Waals surface area contributed by atoms with Crippen molar-refractivity contribution in [1.29, 1.82) is 0 Å². The summed E-state index contributed by atoms with van der Waals surface area (Å²) in [5.41, 5.74) is 3.13. The van der Waals surface area contributed by atoms with E-state index in [0.717, 1.165) is 40.8 Å². The lowest BCUT2D eigenvalue weighted by Crippen LogP contribution is -2.32. The highest BCUT2D eigenvalue weighted by Gasteiger charge is 2.59. The van der Waals surface area contributed by atoms with E-state index in [0.29, 0.717) is 24.5 Å². The van der Waals surface area contributed by atoms with Crippen molar-refractivity contribution in [3.63, 3.8) is 0 Å². The fourth-order valence-electron chi connectivity index (χ4n) is 4.56. The summed E-state index contributed by atoms with van der Waals surface area (Å²) >= 11 is 6.16. The molecular weight excluding hydrogens is 450 g/mol. The van der Waals surface area contributed by atoms with Crippen LogP contribution in [0.1, 0.15) is 30.5 Å². The molecule has 32 heavy (non-hydrogen) atoms. The Kier molecular flexibility index (Phi) is 5.03. The Morgan fingerprint density at radius 2 is 2.00 bits per heavy atom. The van der Waals surface area contributed by atoms with Crippen LogP contribution in [-0.4, -0.2) is 53.0 Å². The van der Waals surface area contributed by atoms with Crippen LogP contribution in [-0.2, 0) is 33.3 Å². The third-order valence-electron chi connectivity index (χ3n) is 6.46. The van der Waals surface area contributed by atoms with Crippen LogP contribution in [0.3, 0.4) is 0 Å². The third kappa shape index (κ3) is 3.39. The second kappa shape index (κ2) is 7.54. The number of pyridine rings is 2. The topological polar surface area (TPSA) is 88.4 Å². The SMILES string of the molecule is CN(C)S(=O)(=O)CCCn1c(CN2C(=O)C3(CC3)c3ccncc32)cc2cc(Cl)cnc21. The first-order valence-electron chi connectivity index (χ1n) is 10.5. The highest BCUT2D eigenvalue weighted by atomic mass is 35.5. The molecule has 1 aliphatic carbocycles. The van der Waals surface area contributed by atoms with Crippen LogP contribution in [0.5, 0.6) is 0 Å². The number of sulfonamides is 1. The molecule has 0 aromatic carbocycles. The van der Waals surface area contributed by atoms with Gasteiger partial charge in [-0.15, -0.1) is 0 Å². The molecule has 1 aliphatic heterocycles. The van der Waals surface area contributed by atoms with Gasteiger partial charge in [0.1, 0.15) is 5.65 Å². The van der Waals surface area contributed by atoms with Gasteiger partial charge in [0.15, 0.2) is 0 Å². The number of amides is 1. The van der Waals surface area contributed by atoms with Crippen molar-refractivity contribution in [3.8, 4) is 0 Å². The molecule has 2 aliphatic rings. The van der Waals surface area contributed by atoms with Crippen LogP contribution in [0.2, 0.25) is 5.02 Å². The Morgan fingerprint density at radius 1 is 1.22 bits per heavy atom. The maximum atomic E-state index is 13.3. The Balaban J connectivity index is 1.49. The maximum Gasteiger partial charge on any atom is 0.238 e. The molecule has 1 saturated carbocycles. The monoisotopic (exact) mass is 473 g/mol. The molecule has 168 valence electrons. The quantitative estimate of drug-likeness (QED) is 0.526. The van der Waals surface area contributed by atoms with E-state index in [4.69, 9.17) is 11.6 Å². The van der Waals surface area contributed by atoms with Gasteiger partial charge in [0.05, 0.1) is 34.6 Å². The minimum Gasteiger partial charge on any atom is -0.328 e. The summed E-state index contributed by atoms with van der Waals surface area (Å²) in [5.74, 6) is 0.143. The average Bonchev–Trinajstić information content (AvgIpc) is 3.45. The van der Waals surface area contributed by atoms with Crippen molar-refractivity contribution in [2.45, 2.75) is 37.8 Å². The van der Waals surface area contributed by atoms with Gasteiger partial charge in [-0.1, -0.05) is 11.6 Å². The van der Waals surface area contributed by atoms with Crippen molar-refractivity contribution >= 4 is 44.3 Å². The smallest absolute Gasteiger partial charge is 0.238 e. The Labute approximate surface area is 191 Å². The largest absolute Gasteiger partial charge is 0.328 e. The molecule has 0 radical (unpaired) electrons. The number of carbonyl (C=O) groups is 1. The molecule has 1 amide bonds. The fraction of sp³-hybridized carbons (Fsp3) is 0.409. The molecule has 1 spiro atoms. The zero-order valence-corrected chi connectivity index (χ0v) is 19.5. The summed E-state index contributed by atoms with van der Waals surface area (Å²) in [4.78, 5) is 23.9. The highest BCUT2D eigenvalue weighted by Crippen LogP contribution is 2.57. The van der Waals surface area contributed by atoms with E-state index in [2.05, 4.69) is 9.97 Å². The van der Waals surface area contributed by atoms with E-state index in [1.165, 1.54) is 18.4 Å². The molecule has 0 bridgehead atoms. The van der Waals surface area contributed by atoms with Gasteiger partial charge in [-0.05, 0) is 43.0 Å². The van der Waals surface area contributed by atoms with Gasteiger partial charge >= 0.3 is 0 Å². The molecule has 0 unspecified atom stereocenters. The number of rotatable bonds is 7. The molecule has 1 fully saturated rings. The van der Waals surface area contributed by atoms with Crippen LogP contribution in [0.15, 0.2) is 36.8 Å². The van der Waals surface area contributed by atoms with Crippen molar-refractivity contribution in [3.05, 3.63) is 53.1 Å². The number of nitrogens with zero attached hydrogens (tertiary/aromatic N) is 5. The summed E-state index contributed by atoms with van der Waals surface area (Å²) < 4.78 is 27.7.